The van der Waals surface area contributed by atoms with Gasteiger partial charge >= 0.3 is 0 Å². The molecule has 1 nitrogen and oxygen atoms in total. The summed E-state index contributed by atoms with van der Waals surface area (Å²) in [4.78, 5) is 2.63. The molecule has 0 atom stereocenters. The molecule has 0 unspecified atom stereocenters. The SMILES string of the molecule is CN(CC1(CS)CCCCCC1)C1CCC1. The Kier molecular flexibility index (Phi) is 4.60. The van der Waals surface area contributed by atoms with Crippen LogP contribution in [-0.2, 0) is 0 Å². The van der Waals surface area contributed by atoms with Gasteiger partial charge in [0.1, 0.15) is 0 Å². The maximum Gasteiger partial charge on any atom is 0.00924 e. The van der Waals surface area contributed by atoms with Gasteiger partial charge in [0.15, 0.2) is 0 Å². The van der Waals surface area contributed by atoms with Crippen LogP contribution in [-0.4, -0.2) is 30.3 Å². The molecular formula is C14H27NS. The fraction of sp³-hybridized carbons (Fsp3) is 1.00. The molecular weight excluding hydrogens is 214 g/mol. The number of nitrogens with zero attached hydrogens (tertiary/aromatic N) is 1. The second kappa shape index (κ2) is 5.77. The van der Waals surface area contributed by atoms with Gasteiger partial charge in [-0.15, -0.1) is 0 Å². The molecule has 0 bridgehead atoms. The molecule has 2 fully saturated rings. The average Bonchev–Trinajstić information content (AvgIpc) is 2.41. The lowest BCUT2D eigenvalue weighted by Gasteiger charge is -2.42. The molecule has 0 aromatic carbocycles. The Morgan fingerprint density at radius 3 is 2.12 bits per heavy atom. The highest BCUT2D eigenvalue weighted by molar-refractivity contribution is 7.80. The van der Waals surface area contributed by atoms with Gasteiger partial charge in [-0.25, -0.2) is 0 Å². The average molecular weight is 241 g/mol. The van der Waals surface area contributed by atoms with Crippen LogP contribution >= 0.6 is 12.6 Å². The van der Waals surface area contributed by atoms with Crippen LogP contribution in [0.25, 0.3) is 0 Å². The molecule has 0 saturated heterocycles. The van der Waals surface area contributed by atoms with E-state index < -0.39 is 0 Å². The third-order valence-electron chi connectivity index (χ3n) is 4.78. The Morgan fingerprint density at radius 2 is 1.69 bits per heavy atom. The van der Waals surface area contributed by atoms with Crippen LogP contribution in [0, 0.1) is 5.41 Å². The molecule has 2 rings (SSSR count). The first-order chi connectivity index (χ1) is 7.76. The van der Waals surface area contributed by atoms with Crippen molar-refractivity contribution >= 4 is 12.6 Å². The molecule has 94 valence electrons. The van der Waals surface area contributed by atoms with Crippen LogP contribution < -0.4 is 0 Å². The predicted molar refractivity (Wildman–Crippen MR) is 74.3 cm³/mol. The van der Waals surface area contributed by atoms with Gasteiger partial charge in [0, 0.05) is 12.6 Å². The van der Waals surface area contributed by atoms with Gasteiger partial charge in [-0.1, -0.05) is 32.1 Å². The van der Waals surface area contributed by atoms with E-state index in [-0.39, 0.29) is 0 Å². The van der Waals surface area contributed by atoms with Gasteiger partial charge in [-0.2, -0.15) is 12.6 Å². The molecule has 0 aromatic rings. The standard InChI is InChI=1S/C14H27NS/c1-15(13-7-6-8-13)11-14(12-16)9-4-2-3-5-10-14/h13,16H,2-12H2,1H3. The van der Waals surface area contributed by atoms with E-state index >= 15 is 0 Å². The van der Waals surface area contributed by atoms with E-state index in [0.29, 0.717) is 5.41 Å². The minimum absolute atomic E-state index is 0.532. The normalized spacial score (nSPS) is 26.4. The summed E-state index contributed by atoms with van der Waals surface area (Å²) in [6.07, 6.45) is 12.9. The van der Waals surface area contributed by atoms with E-state index in [2.05, 4.69) is 24.6 Å². The first kappa shape index (κ1) is 12.8. The molecule has 2 aliphatic carbocycles. The summed E-state index contributed by atoms with van der Waals surface area (Å²) in [6.45, 7) is 1.29. The van der Waals surface area contributed by atoms with E-state index in [4.69, 9.17) is 0 Å². The van der Waals surface area contributed by atoms with Crippen molar-refractivity contribution < 1.29 is 0 Å². The zero-order valence-corrected chi connectivity index (χ0v) is 11.6. The van der Waals surface area contributed by atoms with Gasteiger partial charge in [0.05, 0.1) is 0 Å². The minimum Gasteiger partial charge on any atom is -0.303 e. The van der Waals surface area contributed by atoms with Crippen LogP contribution in [0.4, 0.5) is 0 Å². The number of hydrogen-bond donors (Lipinski definition) is 1. The summed E-state index contributed by atoms with van der Waals surface area (Å²) in [5, 5.41) is 0. The van der Waals surface area contributed by atoms with Crippen molar-refractivity contribution in [1.29, 1.82) is 0 Å². The zero-order valence-electron chi connectivity index (χ0n) is 10.7. The monoisotopic (exact) mass is 241 g/mol. The molecule has 2 saturated carbocycles. The van der Waals surface area contributed by atoms with Crippen molar-refractivity contribution in [2.24, 2.45) is 5.41 Å². The van der Waals surface area contributed by atoms with Crippen molar-refractivity contribution in [1.82, 2.24) is 4.90 Å². The maximum absolute atomic E-state index is 4.66. The predicted octanol–water partition coefficient (Wildman–Crippen LogP) is 3.74. The molecule has 0 heterocycles. The highest BCUT2D eigenvalue weighted by Crippen LogP contribution is 2.38. The number of thiol groups is 1. The summed E-state index contributed by atoms with van der Waals surface area (Å²) >= 11 is 4.66. The van der Waals surface area contributed by atoms with Crippen molar-refractivity contribution in [3.05, 3.63) is 0 Å². The van der Waals surface area contributed by atoms with Crippen LogP contribution in [0.3, 0.4) is 0 Å². The van der Waals surface area contributed by atoms with Gasteiger partial charge in [0.25, 0.3) is 0 Å². The third-order valence-corrected chi connectivity index (χ3v) is 5.45. The molecule has 0 aliphatic heterocycles. The molecule has 0 aromatic heterocycles. The summed E-state index contributed by atoms with van der Waals surface area (Å²) in [5.74, 6) is 1.09. The number of rotatable bonds is 4. The second-order valence-corrected chi connectivity index (χ2v) is 6.39. The molecule has 0 amide bonds. The summed E-state index contributed by atoms with van der Waals surface area (Å²) in [7, 11) is 2.33. The second-order valence-electron chi connectivity index (χ2n) is 6.07. The first-order valence-electron chi connectivity index (χ1n) is 7.07. The lowest BCUT2D eigenvalue weighted by atomic mass is 9.80. The highest BCUT2D eigenvalue weighted by Gasteiger charge is 2.33. The smallest absolute Gasteiger partial charge is 0.00924 e. The maximum atomic E-state index is 4.66. The Morgan fingerprint density at radius 1 is 1.06 bits per heavy atom. The lowest BCUT2D eigenvalue weighted by molar-refractivity contribution is 0.0948. The lowest BCUT2D eigenvalue weighted by Crippen LogP contribution is -2.44. The van der Waals surface area contributed by atoms with Crippen molar-refractivity contribution in [3.8, 4) is 0 Å². The van der Waals surface area contributed by atoms with Gasteiger partial charge in [-0.3, -0.25) is 0 Å². The van der Waals surface area contributed by atoms with Gasteiger partial charge in [0.2, 0.25) is 0 Å². The van der Waals surface area contributed by atoms with Crippen LogP contribution in [0.1, 0.15) is 57.8 Å². The van der Waals surface area contributed by atoms with E-state index in [1.807, 2.05) is 0 Å². The summed E-state index contributed by atoms with van der Waals surface area (Å²) < 4.78 is 0. The Labute approximate surface area is 106 Å². The Bertz CT molecular complexity index is 205. The van der Waals surface area contributed by atoms with Gasteiger partial charge < -0.3 is 4.90 Å². The van der Waals surface area contributed by atoms with Crippen molar-refractivity contribution in [2.75, 3.05) is 19.3 Å². The van der Waals surface area contributed by atoms with Crippen LogP contribution in [0.15, 0.2) is 0 Å². The topological polar surface area (TPSA) is 3.24 Å². The fourth-order valence-electron chi connectivity index (χ4n) is 3.33. The van der Waals surface area contributed by atoms with E-state index in [9.17, 15) is 0 Å². The van der Waals surface area contributed by atoms with Crippen molar-refractivity contribution in [3.63, 3.8) is 0 Å². The van der Waals surface area contributed by atoms with E-state index in [1.165, 1.54) is 64.3 Å². The summed E-state index contributed by atoms with van der Waals surface area (Å²) in [6, 6.07) is 0.889. The molecule has 0 radical (unpaired) electrons. The van der Waals surface area contributed by atoms with E-state index in [0.717, 1.165) is 11.8 Å². The summed E-state index contributed by atoms with van der Waals surface area (Å²) in [5.41, 5.74) is 0.532. The quantitative estimate of drug-likeness (QED) is 0.579. The molecule has 2 heteroatoms. The highest BCUT2D eigenvalue weighted by atomic mass is 32.1. The first-order valence-corrected chi connectivity index (χ1v) is 7.70. The van der Waals surface area contributed by atoms with E-state index in [1.54, 1.807) is 0 Å². The molecule has 0 spiro atoms. The van der Waals surface area contributed by atoms with Gasteiger partial charge in [-0.05, 0) is 43.9 Å². The molecule has 16 heavy (non-hydrogen) atoms. The molecule has 2 aliphatic rings. The third kappa shape index (κ3) is 2.95. The van der Waals surface area contributed by atoms with Crippen molar-refractivity contribution in [2.45, 2.75) is 63.8 Å². The van der Waals surface area contributed by atoms with Crippen LogP contribution in [0.5, 0.6) is 0 Å². The van der Waals surface area contributed by atoms with Crippen LogP contribution in [0.2, 0.25) is 0 Å². The minimum atomic E-state index is 0.532. The zero-order chi connectivity index (χ0) is 11.4. The Hall–Kier alpha value is 0.310. The largest absolute Gasteiger partial charge is 0.303 e. The molecule has 0 N–H and O–H groups in total. The Balaban J connectivity index is 1.90. The number of hydrogen-bond acceptors (Lipinski definition) is 2. The fourth-order valence-corrected chi connectivity index (χ4v) is 3.75.